The highest BCUT2D eigenvalue weighted by atomic mass is 16.5. The SMILES string of the molecule is CC(=O)NCC1CCN(C[C@@H]2CCOc3ccccc3C2)CC1. The van der Waals surface area contributed by atoms with Crippen LogP contribution >= 0.6 is 0 Å². The number of benzene rings is 1. The van der Waals surface area contributed by atoms with Gasteiger partial charge >= 0.3 is 0 Å². The molecule has 0 saturated carbocycles. The van der Waals surface area contributed by atoms with Crippen molar-refractivity contribution in [1.82, 2.24) is 10.2 Å². The van der Waals surface area contributed by atoms with Crippen molar-refractivity contribution < 1.29 is 9.53 Å². The van der Waals surface area contributed by atoms with Gasteiger partial charge in [0.05, 0.1) is 6.61 Å². The molecule has 1 aromatic rings. The maximum Gasteiger partial charge on any atom is 0.216 e. The Hall–Kier alpha value is -1.55. The Labute approximate surface area is 139 Å². The lowest BCUT2D eigenvalue weighted by molar-refractivity contribution is -0.119. The Bertz CT molecular complexity index is 524. The minimum atomic E-state index is 0.0875. The molecular weight excluding hydrogens is 288 g/mol. The van der Waals surface area contributed by atoms with Gasteiger partial charge < -0.3 is 15.0 Å². The molecule has 4 heteroatoms. The van der Waals surface area contributed by atoms with Crippen LogP contribution in [0.4, 0.5) is 0 Å². The van der Waals surface area contributed by atoms with Crippen LogP contribution in [0.1, 0.15) is 31.7 Å². The van der Waals surface area contributed by atoms with Crippen molar-refractivity contribution in [2.24, 2.45) is 11.8 Å². The average Bonchev–Trinajstić information content (AvgIpc) is 2.76. The Kier molecular flexibility index (Phi) is 5.55. The van der Waals surface area contributed by atoms with Crippen LogP contribution in [-0.4, -0.2) is 43.6 Å². The lowest BCUT2D eigenvalue weighted by atomic mass is 9.93. The number of carbonyl (C=O) groups excluding carboxylic acids is 1. The second-order valence-corrected chi connectivity index (χ2v) is 7.00. The molecule has 2 aliphatic rings. The number of nitrogens with one attached hydrogen (secondary N) is 1. The number of fused-ring (bicyclic) bond motifs is 1. The van der Waals surface area contributed by atoms with Gasteiger partial charge in [-0.25, -0.2) is 0 Å². The van der Waals surface area contributed by atoms with Crippen LogP contribution in [-0.2, 0) is 11.2 Å². The number of likely N-dealkylation sites (tertiary alicyclic amines) is 1. The molecule has 23 heavy (non-hydrogen) atoms. The van der Waals surface area contributed by atoms with E-state index < -0.39 is 0 Å². The third-order valence-electron chi connectivity index (χ3n) is 5.13. The summed E-state index contributed by atoms with van der Waals surface area (Å²) in [5.41, 5.74) is 1.36. The van der Waals surface area contributed by atoms with Crippen molar-refractivity contribution in [3.63, 3.8) is 0 Å². The number of piperidine rings is 1. The summed E-state index contributed by atoms with van der Waals surface area (Å²) in [5.74, 6) is 2.49. The molecule has 1 aromatic carbocycles. The molecule has 4 nitrogen and oxygen atoms in total. The monoisotopic (exact) mass is 316 g/mol. The van der Waals surface area contributed by atoms with Gasteiger partial charge in [0.1, 0.15) is 5.75 Å². The standard InChI is InChI=1S/C19H28N2O2/c1-15(22)20-13-16-6-9-21(10-7-16)14-17-8-11-23-19-5-3-2-4-18(19)12-17/h2-5,16-17H,6-14H2,1H3,(H,20,22)/t17-/m1/s1. The minimum absolute atomic E-state index is 0.0875. The largest absolute Gasteiger partial charge is 0.493 e. The number of amides is 1. The molecule has 1 amide bonds. The fourth-order valence-electron chi connectivity index (χ4n) is 3.74. The van der Waals surface area contributed by atoms with Gasteiger partial charge in [-0.2, -0.15) is 0 Å². The van der Waals surface area contributed by atoms with Gasteiger partial charge in [0, 0.05) is 20.0 Å². The Morgan fingerprint density at radius 1 is 1.22 bits per heavy atom. The summed E-state index contributed by atoms with van der Waals surface area (Å²) in [6.07, 6.45) is 4.66. The number of rotatable bonds is 4. The van der Waals surface area contributed by atoms with Gasteiger partial charge in [-0.3, -0.25) is 4.79 Å². The Balaban J connectivity index is 1.46. The number of nitrogens with zero attached hydrogens (tertiary/aromatic N) is 1. The van der Waals surface area contributed by atoms with Gasteiger partial charge in [0.2, 0.25) is 5.91 Å². The first kappa shape index (κ1) is 16.3. The van der Waals surface area contributed by atoms with Crippen molar-refractivity contribution in [1.29, 1.82) is 0 Å². The van der Waals surface area contributed by atoms with E-state index in [1.165, 1.54) is 24.9 Å². The van der Waals surface area contributed by atoms with Crippen molar-refractivity contribution in [2.75, 3.05) is 32.8 Å². The first-order valence-corrected chi connectivity index (χ1v) is 8.88. The summed E-state index contributed by atoms with van der Waals surface area (Å²) >= 11 is 0. The third kappa shape index (κ3) is 4.71. The van der Waals surface area contributed by atoms with E-state index in [0.29, 0.717) is 11.8 Å². The zero-order valence-electron chi connectivity index (χ0n) is 14.1. The molecule has 2 aliphatic heterocycles. The van der Waals surface area contributed by atoms with E-state index in [0.717, 1.165) is 44.8 Å². The molecule has 1 atom stereocenters. The van der Waals surface area contributed by atoms with Crippen molar-refractivity contribution in [2.45, 2.75) is 32.6 Å². The number of para-hydroxylation sites is 1. The predicted molar refractivity (Wildman–Crippen MR) is 91.6 cm³/mol. The van der Waals surface area contributed by atoms with E-state index in [1.807, 2.05) is 0 Å². The maximum atomic E-state index is 11.0. The summed E-state index contributed by atoms with van der Waals surface area (Å²) in [7, 11) is 0. The molecule has 0 radical (unpaired) electrons. The molecule has 0 unspecified atom stereocenters. The molecule has 0 aromatic heterocycles. The third-order valence-corrected chi connectivity index (χ3v) is 5.13. The highest BCUT2D eigenvalue weighted by molar-refractivity contribution is 5.72. The second kappa shape index (κ2) is 7.82. The van der Waals surface area contributed by atoms with Crippen LogP contribution < -0.4 is 10.1 Å². The number of hydrogen-bond donors (Lipinski definition) is 1. The van der Waals surface area contributed by atoms with Gasteiger partial charge in [0.25, 0.3) is 0 Å². The zero-order chi connectivity index (χ0) is 16.1. The average molecular weight is 316 g/mol. The van der Waals surface area contributed by atoms with Crippen LogP contribution in [0.25, 0.3) is 0 Å². The highest BCUT2D eigenvalue weighted by Gasteiger charge is 2.24. The summed E-state index contributed by atoms with van der Waals surface area (Å²) in [5, 5.41) is 2.96. The fraction of sp³-hybridized carbons (Fsp3) is 0.632. The zero-order valence-corrected chi connectivity index (χ0v) is 14.1. The van der Waals surface area contributed by atoms with Crippen molar-refractivity contribution in [3.8, 4) is 5.75 Å². The number of ether oxygens (including phenoxy) is 1. The summed E-state index contributed by atoms with van der Waals surface area (Å²) in [6.45, 7) is 6.76. The van der Waals surface area contributed by atoms with Gasteiger partial charge in [-0.1, -0.05) is 18.2 Å². The van der Waals surface area contributed by atoms with Gasteiger partial charge in [0.15, 0.2) is 0 Å². The lowest BCUT2D eigenvalue weighted by Gasteiger charge is -2.34. The van der Waals surface area contributed by atoms with Crippen molar-refractivity contribution in [3.05, 3.63) is 29.8 Å². The summed E-state index contributed by atoms with van der Waals surface area (Å²) in [4.78, 5) is 13.6. The van der Waals surface area contributed by atoms with Gasteiger partial charge in [-0.05, 0) is 62.2 Å². The molecule has 0 spiro atoms. The first-order chi connectivity index (χ1) is 11.2. The molecule has 1 saturated heterocycles. The molecule has 2 heterocycles. The summed E-state index contributed by atoms with van der Waals surface area (Å²) in [6, 6.07) is 8.45. The predicted octanol–water partition coefficient (Wildman–Crippen LogP) is 2.48. The topological polar surface area (TPSA) is 41.6 Å². The van der Waals surface area contributed by atoms with Crippen LogP contribution in [0, 0.1) is 11.8 Å². The summed E-state index contributed by atoms with van der Waals surface area (Å²) < 4.78 is 5.88. The van der Waals surface area contributed by atoms with E-state index in [2.05, 4.69) is 34.5 Å². The molecular formula is C19H28N2O2. The smallest absolute Gasteiger partial charge is 0.216 e. The lowest BCUT2D eigenvalue weighted by Crippen LogP contribution is -2.40. The van der Waals surface area contributed by atoms with Crippen LogP contribution in [0.5, 0.6) is 5.75 Å². The van der Waals surface area contributed by atoms with E-state index in [9.17, 15) is 4.79 Å². The van der Waals surface area contributed by atoms with E-state index in [4.69, 9.17) is 4.74 Å². The quantitative estimate of drug-likeness (QED) is 0.928. The van der Waals surface area contributed by atoms with Crippen molar-refractivity contribution >= 4 is 5.91 Å². The Morgan fingerprint density at radius 3 is 2.78 bits per heavy atom. The highest BCUT2D eigenvalue weighted by Crippen LogP contribution is 2.28. The fourth-order valence-corrected chi connectivity index (χ4v) is 3.74. The normalized spacial score (nSPS) is 22.7. The maximum absolute atomic E-state index is 11.0. The number of carbonyl (C=O) groups is 1. The minimum Gasteiger partial charge on any atom is -0.493 e. The van der Waals surface area contributed by atoms with Crippen LogP contribution in [0.3, 0.4) is 0 Å². The first-order valence-electron chi connectivity index (χ1n) is 8.88. The molecule has 1 fully saturated rings. The van der Waals surface area contributed by atoms with E-state index in [-0.39, 0.29) is 5.91 Å². The van der Waals surface area contributed by atoms with E-state index in [1.54, 1.807) is 6.92 Å². The molecule has 0 bridgehead atoms. The Morgan fingerprint density at radius 2 is 2.00 bits per heavy atom. The molecule has 3 rings (SSSR count). The molecule has 1 N–H and O–H groups in total. The van der Waals surface area contributed by atoms with Gasteiger partial charge in [-0.15, -0.1) is 0 Å². The van der Waals surface area contributed by atoms with Crippen LogP contribution in [0.2, 0.25) is 0 Å². The number of hydrogen-bond acceptors (Lipinski definition) is 3. The second-order valence-electron chi connectivity index (χ2n) is 7.00. The van der Waals surface area contributed by atoms with E-state index >= 15 is 0 Å². The molecule has 126 valence electrons. The van der Waals surface area contributed by atoms with Crippen LogP contribution in [0.15, 0.2) is 24.3 Å². The molecule has 0 aliphatic carbocycles.